The Kier molecular flexibility index (Phi) is 5.98. The van der Waals surface area contributed by atoms with Gasteiger partial charge in [0, 0.05) is 21.7 Å². The number of benzene rings is 2. The molecule has 140 valence electrons. The molecular formula is C20H19ClN2O3S. The highest BCUT2D eigenvalue weighted by Crippen LogP contribution is 2.33. The number of methoxy groups -OCH3 is 2. The molecule has 0 fully saturated rings. The Morgan fingerprint density at radius 3 is 2.63 bits per heavy atom. The Morgan fingerprint density at radius 2 is 1.93 bits per heavy atom. The van der Waals surface area contributed by atoms with Crippen molar-refractivity contribution in [3.63, 3.8) is 0 Å². The number of anilines is 1. The number of nitrogens with zero attached hydrogens (tertiary/aromatic N) is 1. The van der Waals surface area contributed by atoms with Crippen LogP contribution in [0.4, 0.5) is 5.69 Å². The van der Waals surface area contributed by atoms with Gasteiger partial charge in [-0.25, -0.2) is 4.98 Å². The normalized spacial score (nSPS) is 10.5. The number of carbonyl (C=O) groups excluding carboxylic acids is 1. The minimum atomic E-state index is -0.140. The molecule has 0 aliphatic carbocycles. The van der Waals surface area contributed by atoms with E-state index in [2.05, 4.69) is 10.3 Å². The van der Waals surface area contributed by atoms with Crippen molar-refractivity contribution in [3.8, 4) is 22.1 Å². The second-order valence-electron chi connectivity index (χ2n) is 5.90. The first-order valence-corrected chi connectivity index (χ1v) is 9.48. The summed E-state index contributed by atoms with van der Waals surface area (Å²) in [6.07, 6.45) is 0.190. The second kappa shape index (κ2) is 8.41. The molecule has 1 N–H and O–H groups in total. The molecule has 0 spiro atoms. The quantitative estimate of drug-likeness (QED) is 0.632. The maximum atomic E-state index is 12.3. The number of hydrogen-bond acceptors (Lipinski definition) is 5. The van der Waals surface area contributed by atoms with Crippen LogP contribution in [0.5, 0.6) is 11.5 Å². The lowest BCUT2D eigenvalue weighted by atomic mass is 10.2. The van der Waals surface area contributed by atoms with E-state index in [-0.39, 0.29) is 12.3 Å². The highest BCUT2D eigenvalue weighted by Gasteiger charge is 2.12. The average Bonchev–Trinajstić information content (AvgIpc) is 3.12. The van der Waals surface area contributed by atoms with E-state index in [0.717, 1.165) is 16.1 Å². The number of amides is 1. The van der Waals surface area contributed by atoms with Crippen molar-refractivity contribution >= 4 is 34.5 Å². The largest absolute Gasteiger partial charge is 0.493 e. The van der Waals surface area contributed by atoms with Crippen molar-refractivity contribution in [1.29, 1.82) is 0 Å². The number of aryl methyl sites for hydroxylation is 1. The molecule has 5 nitrogen and oxygen atoms in total. The standard InChI is InChI=1S/C20H19ClN2O3S/c1-12-4-6-14(9-16(12)21)22-19(24)10-15-11-27-20(23-15)13-5-7-17(25-2)18(8-13)26-3/h4-9,11H,10H2,1-3H3,(H,22,24). The maximum Gasteiger partial charge on any atom is 0.230 e. The van der Waals surface area contributed by atoms with Crippen molar-refractivity contribution in [2.45, 2.75) is 13.3 Å². The van der Waals surface area contributed by atoms with Gasteiger partial charge in [-0.05, 0) is 42.8 Å². The molecule has 0 unspecified atom stereocenters. The first kappa shape index (κ1) is 19.2. The van der Waals surface area contributed by atoms with Crippen LogP contribution >= 0.6 is 22.9 Å². The minimum Gasteiger partial charge on any atom is -0.493 e. The van der Waals surface area contributed by atoms with Gasteiger partial charge in [0.1, 0.15) is 5.01 Å². The van der Waals surface area contributed by atoms with E-state index in [1.54, 1.807) is 20.3 Å². The monoisotopic (exact) mass is 402 g/mol. The fraction of sp³-hybridized carbons (Fsp3) is 0.200. The molecule has 1 heterocycles. The summed E-state index contributed by atoms with van der Waals surface area (Å²) in [5.41, 5.74) is 3.26. The summed E-state index contributed by atoms with van der Waals surface area (Å²) in [5.74, 6) is 1.16. The summed E-state index contributed by atoms with van der Waals surface area (Å²) in [4.78, 5) is 16.8. The van der Waals surface area contributed by atoms with Crippen molar-refractivity contribution in [1.82, 2.24) is 4.98 Å². The van der Waals surface area contributed by atoms with E-state index >= 15 is 0 Å². The number of rotatable bonds is 6. The Morgan fingerprint density at radius 1 is 1.15 bits per heavy atom. The molecule has 7 heteroatoms. The second-order valence-corrected chi connectivity index (χ2v) is 7.17. The van der Waals surface area contributed by atoms with E-state index in [9.17, 15) is 4.79 Å². The predicted octanol–water partition coefficient (Wildman–Crippen LogP) is 4.97. The van der Waals surface area contributed by atoms with Gasteiger partial charge in [0.05, 0.1) is 26.3 Å². The Balaban J connectivity index is 1.70. The third-order valence-electron chi connectivity index (χ3n) is 3.98. The first-order chi connectivity index (χ1) is 13.0. The first-order valence-electron chi connectivity index (χ1n) is 8.23. The summed E-state index contributed by atoms with van der Waals surface area (Å²) in [6.45, 7) is 1.92. The summed E-state index contributed by atoms with van der Waals surface area (Å²) in [5, 5.41) is 6.17. The number of nitrogens with one attached hydrogen (secondary N) is 1. The molecule has 3 rings (SSSR count). The Hall–Kier alpha value is -2.57. The van der Waals surface area contributed by atoms with Crippen LogP contribution in [0.2, 0.25) is 5.02 Å². The molecule has 0 aliphatic rings. The van der Waals surface area contributed by atoms with Crippen molar-refractivity contribution in [2.75, 3.05) is 19.5 Å². The van der Waals surface area contributed by atoms with E-state index in [1.165, 1.54) is 11.3 Å². The number of aromatic nitrogens is 1. The molecule has 27 heavy (non-hydrogen) atoms. The van der Waals surface area contributed by atoms with Gasteiger partial charge < -0.3 is 14.8 Å². The molecule has 2 aromatic carbocycles. The van der Waals surface area contributed by atoms with Gasteiger partial charge in [0.2, 0.25) is 5.91 Å². The van der Waals surface area contributed by atoms with E-state index < -0.39 is 0 Å². The summed E-state index contributed by atoms with van der Waals surface area (Å²) in [7, 11) is 3.19. The number of carbonyl (C=O) groups is 1. The Labute approximate surface area is 166 Å². The molecule has 0 radical (unpaired) electrons. The number of ether oxygens (including phenoxy) is 2. The minimum absolute atomic E-state index is 0.140. The van der Waals surface area contributed by atoms with Crippen LogP contribution in [0.1, 0.15) is 11.3 Å². The van der Waals surface area contributed by atoms with Crippen molar-refractivity contribution in [2.24, 2.45) is 0 Å². The van der Waals surface area contributed by atoms with Crippen molar-refractivity contribution < 1.29 is 14.3 Å². The van der Waals surface area contributed by atoms with E-state index in [0.29, 0.717) is 27.9 Å². The van der Waals surface area contributed by atoms with Gasteiger partial charge in [0.15, 0.2) is 11.5 Å². The summed E-state index contributed by atoms with van der Waals surface area (Å²) in [6, 6.07) is 11.1. The molecule has 1 aromatic heterocycles. The summed E-state index contributed by atoms with van der Waals surface area (Å²) >= 11 is 7.57. The summed E-state index contributed by atoms with van der Waals surface area (Å²) < 4.78 is 10.6. The van der Waals surface area contributed by atoms with Crippen LogP contribution in [0, 0.1) is 6.92 Å². The van der Waals surface area contributed by atoms with E-state index in [1.807, 2.05) is 42.6 Å². The van der Waals surface area contributed by atoms with Crippen LogP contribution in [-0.2, 0) is 11.2 Å². The zero-order valence-electron chi connectivity index (χ0n) is 15.2. The number of hydrogen-bond donors (Lipinski definition) is 1. The highest BCUT2D eigenvalue weighted by atomic mass is 35.5. The van der Waals surface area contributed by atoms with Crippen LogP contribution in [-0.4, -0.2) is 25.1 Å². The maximum absolute atomic E-state index is 12.3. The van der Waals surface area contributed by atoms with Gasteiger partial charge in [0.25, 0.3) is 0 Å². The third kappa shape index (κ3) is 4.59. The van der Waals surface area contributed by atoms with Gasteiger partial charge in [-0.2, -0.15) is 0 Å². The molecule has 0 atom stereocenters. The molecule has 1 amide bonds. The molecule has 3 aromatic rings. The van der Waals surface area contributed by atoms with E-state index in [4.69, 9.17) is 21.1 Å². The SMILES string of the molecule is COc1ccc(-c2nc(CC(=O)Nc3ccc(C)c(Cl)c3)cs2)cc1OC. The van der Waals surface area contributed by atoms with Crippen LogP contribution in [0.3, 0.4) is 0 Å². The topological polar surface area (TPSA) is 60.5 Å². The zero-order chi connectivity index (χ0) is 19.4. The number of halogens is 1. The predicted molar refractivity (Wildman–Crippen MR) is 109 cm³/mol. The Bertz CT molecular complexity index is 972. The van der Waals surface area contributed by atoms with Gasteiger partial charge in [-0.1, -0.05) is 17.7 Å². The smallest absolute Gasteiger partial charge is 0.230 e. The van der Waals surface area contributed by atoms with Crippen molar-refractivity contribution in [3.05, 3.63) is 58.1 Å². The van der Waals surface area contributed by atoms with Crippen LogP contribution in [0.15, 0.2) is 41.8 Å². The van der Waals surface area contributed by atoms with Crippen LogP contribution < -0.4 is 14.8 Å². The fourth-order valence-electron chi connectivity index (χ4n) is 2.53. The highest BCUT2D eigenvalue weighted by molar-refractivity contribution is 7.13. The number of thiazole rings is 1. The van der Waals surface area contributed by atoms with Crippen LogP contribution in [0.25, 0.3) is 10.6 Å². The lowest BCUT2D eigenvalue weighted by Gasteiger charge is -2.08. The lowest BCUT2D eigenvalue weighted by molar-refractivity contribution is -0.115. The third-order valence-corrected chi connectivity index (χ3v) is 5.33. The molecular weight excluding hydrogens is 384 g/mol. The zero-order valence-corrected chi connectivity index (χ0v) is 16.8. The van der Waals surface area contributed by atoms with Gasteiger partial charge in [-0.15, -0.1) is 11.3 Å². The molecule has 0 aliphatic heterocycles. The average molecular weight is 403 g/mol. The molecule has 0 bridgehead atoms. The van der Waals surface area contributed by atoms with Gasteiger partial charge >= 0.3 is 0 Å². The lowest BCUT2D eigenvalue weighted by Crippen LogP contribution is -2.14. The molecule has 0 saturated heterocycles. The van der Waals surface area contributed by atoms with Gasteiger partial charge in [-0.3, -0.25) is 4.79 Å². The fourth-order valence-corrected chi connectivity index (χ4v) is 3.53. The molecule has 0 saturated carbocycles.